The van der Waals surface area contributed by atoms with Crippen LogP contribution in [0.15, 0.2) is 54.7 Å². The van der Waals surface area contributed by atoms with Crippen LogP contribution < -0.4 is 10.1 Å². The zero-order chi connectivity index (χ0) is 18.7. The second-order valence-electron chi connectivity index (χ2n) is 6.53. The Morgan fingerprint density at radius 1 is 1.08 bits per heavy atom. The van der Waals surface area contributed by atoms with Gasteiger partial charge in [-0.1, -0.05) is 31.5 Å². The Morgan fingerprint density at radius 2 is 1.73 bits per heavy atom. The highest BCUT2D eigenvalue weighted by Crippen LogP contribution is 2.24. The van der Waals surface area contributed by atoms with E-state index < -0.39 is 0 Å². The minimum atomic E-state index is -0.169. The number of hydrogen-bond acceptors (Lipinski definition) is 3. The molecule has 5 nitrogen and oxygen atoms in total. The fourth-order valence-corrected chi connectivity index (χ4v) is 2.85. The molecule has 0 saturated heterocycles. The van der Waals surface area contributed by atoms with E-state index in [0.717, 1.165) is 17.1 Å². The summed E-state index contributed by atoms with van der Waals surface area (Å²) in [5.74, 6) is 0.728. The standard InChI is InChI=1S/C21H23N3O2/c1-14(2)20-19(13-22-24(20)17-9-5-15(3)6-10-17)21(25)23-16-7-11-18(26-4)12-8-16/h5-14H,1-4H3,(H,23,25). The van der Waals surface area contributed by atoms with Crippen LogP contribution in [0.3, 0.4) is 0 Å². The second kappa shape index (κ2) is 7.44. The predicted molar refractivity (Wildman–Crippen MR) is 103 cm³/mol. The number of carbonyl (C=O) groups is 1. The molecule has 1 N–H and O–H groups in total. The summed E-state index contributed by atoms with van der Waals surface area (Å²) >= 11 is 0. The van der Waals surface area contributed by atoms with Crippen molar-refractivity contribution >= 4 is 11.6 Å². The minimum absolute atomic E-state index is 0.149. The molecule has 3 rings (SSSR count). The average Bonchev–Trinajstić information content (AvgIpc) is 3.08. The maximum absolute atomic E-state index is 12.8. The van der Waals surface area contributed by atoms with Crippen molar-refractivity contribution in [1.82, 2.24) is 9.78 Å². The average molecular weight is 349 g/mol. The van der Waals surface area contributed by atoms with Crippen molar-refractivity contribution < 1.29 is 9.53 Å². The van der Waals surface area contributed by atoms with Crippen LogP contribution in [0.1, 0.15) is 41.4 Å². The van der Waals surface area contributed by atoms with Crippen LogP contribution >= 0.6 is 0 Å². The lowest BCUT2D eigenvalue weighted by molar-refractivity contribution is 0.102. The highest BCUT2D eigenvalue weighted by molar-refractivity contribution is 6.05. The van der Waals surface area contributed by atoms with Gasteiger partial charge in [0.1, 0.15) is 5.75 Å². The zero-order valence-corrected chi connectivity index (χ0v) is 15.5. The molecular formula is C21H23N3O2. The number of hydrogen-bond donors (Lipinski definition) is 1. The highest BCUT2D eigenvalue weighted by atomic mass is 16.5. The Hall–Kier alpha value is -3.08. The molecule has 26 heavy (non-hydrogen) atoms. The summed E-state index contributed by atoms with van der Waals surface area (Å²) in [5.41, 5.74) is 4.32. The molecule has 0 bridgehead atoms. The van der Waals surface area contributed by atoms with Crippen LogP contribution in [0.25, 0.3) is 5.69 Å². The van der Waals surface area contributed by atoms with E-state index in [1.165, 1.54) is 5.56 Å². The SMILES string of the molecule is COc1ccc(NC(=O)c2cnn(-c3ccc(C)cc3)c2C(C)C)cc1. The lowest BCUT2D eigenvalue weighted by atomic mass is 10.0. The minimum Gasteiger partial charge on any atom is -0.497 e. The van der Waals surface area contributed by atoms with Gasteiger partial charge >= 0.3 is 0 Å². The molecule has 1 heterocycles. The second-order valence-corrected chi connectivity index (χ2v) is 6.53. The van der Waals surface area contributed by atoms with Gasteiger partial charge in [0, 0.05) is 5.69 Å². The number of aryl methyl sites for hydroxylation is 1. The molecule has 0 saturated carbocycles. The number of benzene rings is 2. The fourth-order valence-electron chi connectivity index (χ4n) is 2.85. The highest BCUT2D eigenvalue weighted by Gasteiger charge is 2.21. The third kappa shape index (κ3) is 3.61. The van der Waals surface area contributed by atoms with Crippen molar-refractivity contribution in [1.29, 1.82) is 0 Å². The molecule has 0 aliphatic rings. The smallest absolute Gasteiger partial charge is 0.259 e. The third-order valence-electron chi connectivity index (χ3n) is 4.22. The lowest BCUT2D eigenvalue weighted by Crippen LogP contribution is -2.15. The number of nitrogens with zero attached hydrogens (tertiary/aromatic N) is 2. The van der Waals surface area contributed by atoms with Gasteiger partial charge in [0.05, 0.1) is 30.3 Å². The maximum atomic E-state index is 12.8. The van der Waals surface area contributed by atoms with Crippen LogP contribution in [0.5, 0.6) is 5.75 Å². The molecule has 0 fully saturated rings. The number of ether oxygens (including phenoxy) is 1. The van der Waals surface area contributed by atoms with E-state index in [1.54, 1.807) is 13.3 Å². The van der Waals surface area contributed by atoms with Gasteiger partial charge in [0.25, 0.3) is 5.91 Å². The molecular weight excluding hydrogens is 326 g/mol. The van der Waals surface area contributed by atoms with Crippen molar-refractivity contribution in [2.45, 2.75) is 26.7 Å². The first kappa shape index (κ1) is 17.7. The first-order valence-corrected chi connectivity index (χ1v) is 8.60. The Kier molecular flexibility index (Phi) is 5.07. The van der Waals surface area contributed by atoms with Crippen molar-refractivity contribution in [3.05, 3.63) is 71.5 Å². The fraction of sp³-hybridized carbons (Fsp3) is 0.238. The predicted octanol–water partition coefficient (Wildman–Crippen LogP) is 4.57. The third-order valence-corrected chi connectivity index (χ3v) is 4.22. The Labute approximate surface area is 153 Å². The van der Waals surface area contributed by atoms with Crippen molar-refractivity contribution in [2.75, 3.05) is 12.4 Å². The molecule has 0 radical (unpaired) electrons. The molecule has 0 unspecified atom stereocenters. The van der Waals surface area contributed by atoms with Crippen molar-refractivity contribution in [2.24, 2.45) is 0 Å². The Morgan fingerprint density at radius 3 is 2.31 bits per heavy atom. The zero-order valence-electron chi connectivity index (χ0n) is 15.5. The van der Waals surface area contributed by atoms with Gasteiger partial charge in [-0.05, 0) is 49.2 Å². The van der Waals surface area contributed by atoms with E-state index in [0.29, 0.717) is 11.3 Å². The number of aromatic nitrogens is 2. The molecule has 1 aromatic heterocycles. The van der Waals surface area contributed by atoms with Gasteiger partial charge in [0.2, 0.25) is 0 Å². The van der Waals surface area contributed by atoms with E-state index in [2.05, 4.69) is 24.3 Å². The normalized spacial score (nSPS) is 10.8. The van der Waals surface area contributed by atoms with Crippen LogP contribution in [0, 0.1) is 6.92 Å². The summed E-state index contributed by atoms with van der Waals surface area (Å²) < 4.78 is 6.98. The number of nitrogens with one attached hydrogen (secondary N) is 1. The number of methoxy groups -OCH3 is 1. The van der Waals surface area contributed by atoms with E-state index >= 15 is 0 Å². The van der Waals surface area contributed by atoms with Crippen LogP contribution in [0.4, 0.5) is 5.69 Å². The Balaban J connectivity index is 1.91. The van der Waals surface area contributed by atoms with Gasteiger partial charge in [-0.25, -0.2) is 4.68 Å². The molecule has 134 valence electrons. The topological polar surface area (TPSA) is 56.1 Å². The summed E-state index contributed by atoms with van der Waals surface area (Å²) in [6.45, 7) is 6.17. The first-order chi connectivity index (χ1) is 12.5. The number of amides is 1. The van der Waals surface area contributed by atoms with Crippen LogP contribution in [-0.2, 0) is 0 Å². The summed E-state index contributed by atoms with van der Waals surface area (Å²) in [7, 11) is 1.61. The number of carbonyl (C=O) groups excluding carboxylic acids is 1. The first-order valence-electron chi connectivity index (χ1n) is 8.60. The molecule has 0 aliphatic carbocycles. The van der Waals surface area contributed by atoms with Gasteiger partial charge < -0.3 is 10.1 Å². The summed E-state index contributed by atoms with van der Waals surface area (Å²) in [4.78, 5) is 12.8. The Bertz CT molecular complexity index is 894. The summed E-state index contributed by atoms with van der Waals surface area (Å²) in [6, 6.07) is 15.4. The van der Waals surface area contributed by atoms with Crippen molar-refractivity contribution in [3.8, 4) is 11.4 Å². The number of rotatable bonds is 5. The van der Waals surface area contributed by atoms with Gasteiger partial charge in [-0.2, -0.15) is 5.10 Å². The molecule has 2 aromatic carbocycles. The molecule has 3 aromatic rings. The number of anilines is 1. The van der Waals surface area contributed by atoms with E-state index in [4.69, 9.17) is 4.74 Å². The molecule has 0 aliphatic heterocycles. The summed E-state index contributed by atoms with van der Waals surface area (Å²) in [6.07, 6.45) is 1.63. The van der Waals surface area contributed by atoms with Crippen LogP contribution in [0.2, 0.25) is 0 Å². The molecule has 1 amide bonds. The van der Waals surface area contributed by atoms with E-state index in [9.17, 15) is 4.79 Å². The quantitative estimate of drug-likeness (QED) is 0.734. The monoisotopic (exact) mass is 349 g/mol. The summed E-state index contributed by atoms with van der Waals surface area (Å²) in [5, 5.41) is 7.39. The molecule has 0 spiro atoms. The van der Waals surface area contributed by atoms with E-state index in [-0.39, 0.29) is 11.8 Å². The van der Waals surface area contributed by atoms with Gasteiger partial charge in [-0.3, -0.25) is 4.79 Å². The molecule has 0 atom stereocenters. The van der Waals surface area contributed by atoms with Crippen molar-refractivity contribution in [3.63, 3.8) is 0 Å². The van der Waals surface area contributed by atoms with Gasteiger partial charge in [-0.15, -0.1) is 0 Å². The van der Waals surface area contributed by atoms with Gasteiger partial charge in [0.15, 0.2) is 0 Å². The largest absolute Gasteiger partial charge is 0.497 e. The molecule has 5 heteroatoms. The van der Waals surface area contributed by atoms with Crippen LogP contribution in [-0.4, -0.2) is 22.8 Å². The maximum Gasteiger partial charge on any atom is 0.259 e. The van der Waals surface area contributed by atoms with E-state index in [1.807, 2.05) is 60.1 Å². The lowest BCUT2D eigenvalue weighted by Gasteiger charge is -2.13.